The third kappa shape index (κ3) is 170. The highest BCUT2D eigenvalue weighted by atomic mass is 16.5. The standard InChI is InChI=1S/C15H32N2O.C15H31NO2.C13H30N2.C13H29N.C12H28N2O.C12H28N2.C12H27NO.C12H27N.C11H26N2O.C11H25NO/c1-13(2)8-6-10-17(5)11-7-9-15(18)12-16-14(3)4;1-13(2)8-6-10-16(5)11-7-9-15(17)12-18-14(3)4;1-12(2)8-7-9-14(5)10-11-15(6)13(3)4;1-12(2)8-6-10-14(5)11-7-9-13(3)4;1-11(2)14(6)8-7-13(5)9-10-15-12(3)4;1-11(2)7-6-8-13-9-10-14(5)12(3)4;1-11(2)7-6-8-13(5)9-10-14-12(3)4;1-11(2)7-5-9-13-10-6-8-12(3)4;1-10(2)13(5)8-6-12-7-9-14-11(3)4;1-10(2)6-5-7-12-8-9-13-11(3)4/h13-14,16H,6-12H2,1-5H3;13-14H,6-12H2,1-5H3;12-13H,7-11H2,1-6H3;12-13H,6-11H2,1-5H3;11-12H,7-10H2,1-6H3;11-13H,6-10H2,1-5H3;11-12H,6-10H2,1-5H3;11-13H,5-10H2,1-4H3;10-12H,6-9H2,1-5H3;10-12H,5-9H2,1-4H3. The van der Waals surface area contributed by atoms with Crippen LogP contribution in [0.4, 0.5) is 0 Å². The van der Waals surface area contributed by atoms with E-state index < -0.39 is 0 Å². The Hall–Kier alpha value is -1.46. The molecule has 148 heavy (non-hydrogen) atoms. The lowest BCUT2D eigenvalue weighted by atomic mass is 10.1. The van der Waals surface area contributed by atoms with Gasteiger partial charge in [-0.2, -0.15) is 0 Å². The van der Waals surface area contributed by atoms with Gasteiger partial charge in [0.05, 0.1) is 63.5 Å². The van der Waals surface area contributed by atoms with Gasteiger partial charge in [0.25, 0.3) is 0 Å². The molecule has 5 N–H and O–H groups in total. The summed E-state index contributed by atoms with van der Waals surface area (Å²) in [6.45, 7) is 119. The average Bonchev–Trinajstić information content (AvgIpc) is 0.977. The molecule has 0 bridgehead atoms. The summed E-state index contributed by atoms with van der Waals surface area (Å²) in [5.41, 5.74) is 0. The van der Waals surface area contributed by atoms with E-state index in [1.165, 1.54) is 187 Å². The van der Waals surface area contributed by atoms with Crippen LogP contribution < -0.4 is 26.6 Å². The summed E-state index contributed by atoms with van der Waals surface area (Å²) in [5, 5.41) is 16.9. The van der Waals surface area contributed by atoms with Gasteiger partial charge in [-0.1, -0.05) is 152 Å². The molecular formula is C126H283N15O7. The number of carbonyl (C=O) groups is 2. The fourth-order valence-corrected chi connectivity index (χ4v) is 14.0. The van der Waals surface area contributed by atoms with Gasteiger partial charge in [-0.3, -0.25) is 9.59 Å². The summed E-state index contributed by atoms with van der Waals surface area (Å²) in [6, 6.07) is 2.98. The lowest BCUT2D eigenvalue weighted by Crippen LogP contribution is -2.36. The quantitative estimate of drug-likeness (QED) is 0.0364. The van der Waals surface area contributed by atoms with Gasteiger partial charge >= 0.3 is 0 Å². The number of nitrogens with one attached hydrogen (secondary N) is 5. The number of ketones is 2. The number of rotatable bonds is 86. The van der Waals surface area contributed by atoms with E-state index in [9.17, 15) is 9.59 Å². The highest BCUT2D eigenvalue weighted by Gasteiger charge is 2.14. The van der Waals surface area contributed by atoms with Crippen LogP contribution in [0.25, 0.3) is 0 Å². The zero-order chi connectivity index (χ0) is 116. The molecule has 0 saturated heterocycles. The average molecular weight is 2120 g/mol. The van der Waals surface area contributed by atoms with Gasteiger partial charge in [0.1, 0.15) is 12.4 Å². The Balaban J connectivity index is -0.000000179. The minimum atomic E-state index is 0.146. The van der Waals surface area contributed by atoms with E-state index in [0.717, 1.165) is 197 Å². The Morgan fingerprint density at radius 2 is 0.392 bits per heavy atom. The second-order valence-electron chi connectivity index (χ2n) is 50.3. The van der Waals surface area contributed by atoms with E-state index in [-0.39, 0.29) is 18.5 Å². The van der Waals surface area contributed by atoms with Crippen LogP contribution >= 0.6 is 0 Å². The maximum Gasteiger partial charge on any atom is 0.158 e. The zero-order valence-corrected chi connectivity index (χ0v) is 111. The molecule has 0 heterocycles. The number of nitrogens with zero attached hydrogens (tertiary/aromatic N) is 10. The first-order chi connectivity index (χ1) is 69.1. The maximum absolute atomic E-state index is 11.6. The van der Waals surface area contributed by atoms with Crippen molar-refractivity contribution in [3.05, 3.63) is 0 Å². The van der Waals surface area contributed by atoms with Gasteiger partial charge in [0.15, 0.2) is 5.78 Å². The van der Waals surface area contributed by atoms with Crippen molar-refractivity contribution >= 4 is 11.6 Å². The lowest BCUT2D eigenvalue weighted by Gasteiger charge is -2.24. The molecule has 0 radical (unpaired) electrons. The Kier molecular flexibility index (Phi) is 136. The maximum atomic E-state index is 11.6. The summed E-state index contributed by atoms with van der Waals surface area (Å²) in [4.78, 5) is 46.8. The van der Waals surface area contributed by atoms with E-state index in [1.54, 1.807) is 0 Å². The van der Waals surface area contributed by atoms with Crippen molar-refractivity contribution in [2.24, 2.45) is 59.2 Å². The van der Waals surface area contributed by atoms with Crippen LogP contribution in [0.1, 0.15) is 431 Å². The molecule has 0 aliphatic carbocycles. The molecule has 0 aliphatic heterocycles. The van der Waals surface area contributed by atoms with Crippen LogP contribution in [0.2, 0.25) is 0 Å². The van der Waals surface area contributed by atoms with E-state index in [0.29, 0.717) is 79.8 Å². The number of hydrogen-bond acceptors (Lipinski definition) is 22. The van der Waals surface area contributed by atoms with E-state index in [2.05, 4.69) is 409 Å². The molecule has 22 nitrogen and oxygen atoms in total. The first kappa shape index (κ1) is 166. The normalized spacial score (nSPS) is 11.9. The molecule has 0 rings (SSSR count). The third-order valence-corrected chi connectivity index (χ3v) is 25.5. The van der Waals surface area contributed by atoms with Gasteiger partial charge < -0.3 is 99.3 Å². The molecule has 0 unspecified atom stereocenters. The fraction of sp³-hybridized carbons (Fsp3) is 0.984. The number of Topliss-reactive ketones (excluding diaryl/α,β-unsaturated/α-hetero) is 2. The van der Waals surface area contributed by atoms with Crippen molar-refractivity contribution in [1.29, 1.82) is 0 Å². The van der Waals surface area contributed by atoms with Crippen molar-refractivity contribution in [1.82, 2.24) is 75.6 Å². The van der Waals surface area contributed by atoms with Crippen LogP contribution in [-0.2, 0) is 33.3 Å². The fourth-order valence-electron chi connectivity index (χ4n) is 14.0. The minimum absolute atomic E-state index is 0.146. The molecule has 904 valence electrons. The predicted octanol–water partition coefficient (Wildman–Crippen LogP) is 26.4. The molecule has 0 aromatic rings. The summed E-state index contributed by atoms with van der Waals surface area (Å²) >= 11 is 0. The summed E-state index contributed by atoms with van der Waals surface area (Å²) < 4.78 is 27.1. The van der Waals surface area contributed by atoms with Gasteiger partial charge in [-0.05, 0) is 474 Å². The molecule has 0 spiro atoms. The molecule has 0 amide bonds. The summed E-state index contributed by atoms with van der Waals surface area (Å²) in [5.74, 6) is 8.91. The van der Waals surface area contributed by atoms with Crippen molar-refractivity contribution in [3.8, 4) is 0 Å². The van der Waals surface area contributed by atoms with Crippen LogP contribution in [0.5, 0.6) is 0 Å². The van der Waals surface area contributed by atoms with Gasteiger partial charge in [0, 0.05) is 122 Å². The van der Waals surface area contributed by atoms with Crippen molar-refractivity contribution in [2.75, 3.05) is 267 Å². The lowest BCUT2D eigenvalue weighted by molar-refractivity contribution is -0.125. The molecule has 22 heteroatoms. The zero-order valence-electron chi connectivity index (χ0n) is 111. The number of hydrogen-bond donors (Lipinski definition) is 5. The van der Waals surface area contributed by atoms with E-state index in [1.807, 2.05) is 13.8 Å². The minimum Gasteiger partial charge on any atom is -0.377 e. The smallest absolute Gasteiger partial charge is 0.158 e. The number of ether oxygens (including phenoxy) is 5. The van der Waals surface area contributed by atoms with Gasteiger partial charge in [-0.15, -0.1) is 0 Å². The van der Waals surface area contributed by atoms with E-state index in [4.69, 9.17) is 23.7 Å². The highest BCUT2D eigenvalue weighted by Crippen LogP contribution is 2.13. The first-order valence-corrected chi connectivity index (χ1v) is 61.7. The van der Waals surface area contributed by atoms with Crippen LogP contribution in [0, 0.1) is 59.2 Å². The topological polar surface area (TPSA) is 173 Å². The van der Waals surface area contributed by atoms with Crippen molar-refractivity contribution in [3.63, 3.8) is 0 Å². The Morgan fingerprint density at radius 1 is 0.196 bits per heavy atom. The third-order valence-electron chi connectivity index (χ3n) is 25.5. The number of likely N-dealkylation sites (N-methyl/N-ethyl adjacent to an activating group) is 7. The van der Waals surface area contributed by atoms with Crippen LogP contribution in [0.3, 0.4) is 0 Å². The summed E-state index contributed by atoms with van der Waals surface area (Å²) in [7, 11) is 21.8. The molecule has 0 aromatic heterocycles. The predicted molar refractivity (Wildman–Crippen MR) is 665 cm³/mol. The molecule has 0 fully saturated rings. The molecular weight excluding hydrogens is 1840 g/mol. The Bertz CT molecular complexity index is 2290. The monoisotopic (exact) mass is 2120 g/mol. The van der Waals surface area contributed by atoms with E-state index >= 15 is 0 Å². The largest absolute Gasteiger partial charge is 0.377 e. The number of carbonyl (C=O) groups excluding carboxylic acids is 2. The summed E-state index contributed by atoms with van der Waals surface area (Å²) in [6.07, 6.45) is 31.3. The molecule has 0 atom stereocenters. The Labute approximate surface area is 933 Å². The second-order valence-corrected chi connectivity index (χ2v) is 50.3. The first-order valence-electron chi connectivity index (χ1n) is 61.7. The molecule has 0 aromatic carbocycles. The van der Waals surface area contributed by atoms with Gasteiger partial charge in [-0.25, -0.2) is 0 Å². The van der Waals surface area contributed by atoms with Crippen LogP contribution in [-0.4, -0.2) is 388 Å². The van der Waals surface area contributed by atoms with Crippen molar-refractivity contribution in [2.45, 2.75) is 492 Å². The van der Waals surface area contributed by atoms with Gasteiger partial charge in [0.2, 0.25) is 0 Å². The van der Waals surface area contributed by atoms with Crippen LogP contribution in [0.15, 0.2) is 0 Å². The molecule has 0 saturated carbocycles. The molecule has 0 aliphatic rings. The van der Waals surface area contributed by atoms with Crippen molar-refractivity contribution < 1.29 is 33.3 Å². The highest BCUT2D eigenvalue weighted by molar-refractivity contribution is 5.80. The second kappa shape index (κ2) is 121. The Morgan fingerprint density at radius 3 is 0.635 bits per heavy atom. The SMILES string of the molecule is CC(C)CCCN(C)CCCC(=O)CNC(C)C.CC(C)CCCN(C)CCCC(=O)COC(C)C.CC(C)CCCN(C)CCCC(C)C.CC(C)CCCN(C)CCN(C)C(C)C.CC(C)CCCN(C)CCOC(C)C.CC(C)CCCNCCCC(C)C.CC(C)CCCNCCN(C)C(C)C.CC(C)CCCNCCOC(C)C.CC(C)OCCN(C)CCN(C)C(C)C.CC(C)OCCNCCN(C)C(C)C.